The van der Waals surface area contributed by atoms with Crippen molar-refractivity contribution in [2.75, 3.05) is 32.7 Å². The highest BCUT2D eigenvalue weighted by atomic mass is 16.2. The van der Waals surface area contributed by atoms with E-state index in [0.29, 0.717) is 29.0 Å². The molecular formula is C25H32N4O2. The molecule has 0 aliphatic carbocycles. The number of amides is 1. The minimum atomic E-state index is 0.0533. The van der Waals surface area contributed by atoms with Gasteiger partial charge < -0.3 is 14.4 Å². The van der Waals surface area contributed by atoms with Crippen LogP contribution in [0.5, 0.6) is 0 Å². The first-order valence-corrected chi connectivity index (χ1v) is 11.7. The Morgan fingerprint density at radius 1 is 1.13 bits per heavy atom. The minimum absolute atomic E-state index is 0.0533. The molecule has 2 saturated heterocycles. The van der Waals surface area contributed by atoms with Gasteiger partial charge in [-0.25, -0.2) is 0 Å². The first kappa shape index (κ1) is 20.4. The minimum Gasteiger partial charge on any atom is -0.339 e. The van der Waals surface area contributed by atoms with Crippen LogP contribution >= 0.6 is 0 Å². The maximum atomic E-state index is 13.0. The Bertz CT molecular complexity index is 1040. The zero-order valence-electron chi connectivity index (χ0n) is 18.6. The quantitative estimate of drug-likeness (QED) is 0.762. The Balaban J connectivity index is 1.46. The van der Waals surface area contributed by atoms with Crippen molar-refractivity contribution in [1.29, 1.82) is 0 Å². The Hall–Kier alpha value is -2.47. The maximum Gasteiger partial charge on any atom is 0.253 e. The van der Waals surface area contributed by atoms with Gasteiger partial charge in [-0.05, 0) is 49.3 Å². The van der Waals surface area contributed by atoms with Crippen LogP contribution in [-0.4, -0.2) is 58.0 Å². The van der Waals surface area contributed by atoms with E-state index in [2.05, 4.69) is 29.8 Å². The lowest BCUT2D eigenvalue weighted by Crippen LogP contribution is -2.48. The molecule has 0 unspecified atom stereocenters. The van der Waals surface area contributed by atoms with E-state index in [1.165, 1.54) is 0 Å². The van der Waals surface area contributed by atoms with Crippen LogP contribution in [0.1, 0.15) is 55.1 Å². The Morgan fingerprint density at radius 2 is 1.94 bits per heavy atom. The summed E-state index contributed by atoms with van der Waals surface area (Å²) in [6.07, 6.45) is 4.98. The predicted octanol–water partition coefficient (Wildman–Crippen LogP) is 3.22. The molecule has 0 saturated carbocycles. The molecule has 0 aromatic carbocycles. The van der Waals surface area contributed by atoms with Gasteiger partial charge in [0.15, 0.2) is 0 Å². The summed E-state index contributed by atoms with van der Waals surface area (Å²) in [6.45, 7) is 10.2. The zero-order chi connectivity index (χ0) is 21.5. The fourth-order valence-corrected chi connectivity index (χ4v) is 5.70. The van der Waals surface area contributed by atoms with E-state index >= 15 is 0 Å². The van der Waals surface area contributed by atoms with E-state index < -0.39 is 0 Å². The second-order valence-electron chi connectivity index (χ2n) is 9.96. The average Bonchev–Trinajstić information content (AvgIpc) is 3.28. The van der Waals surface area contributed by atoms with Crippen molar-refractivity contribution >= 4 is 5.91 Å². The number of carbonyl (C=O) groups is 1. The van der Waals surface area contributed by atoms with Crippen molar-refractivity contribution in [3.05, 3.63) is 52.1 Å². The van der Waals surface area contributed by atoms with Crippen LogP contribution in [0.4, 0.5) is 0 Å². The third kappa shape index (κ3) is 4.05. The molecular weight excluding hydrogens is 388 g/mol. The first-order chi connectivity index (χ1) is 15.0. The number of nitrogens with zero attached hydrogens (tertiary/aromatic N) is 4. The molecule has 0 radical (unpaired) electrons. The van der Waals surface area contributed by atoms with E-state index in [1.54, 1.807) is 18.3 Å². The van der Waals surface area contributed by atoms with Crippen molar-refractivity contribution in [2.24, 2.45) is 11.8 Å². The van der Waals surface area contributed by atoms with Crippen LogP contribution in [0.3, 0.4) is 0 Å². The van der Waals surface area contributed by atoms with Gasteiger partial charge in [-0.15, -0.1) is 0 Å². The highest BCUT2D eigenvalue weighted by molar-refractivity contribution is 5.95. The molecule has 6 nitrogen and oxygen atoms in total. The van der Waals surface area contributed by atoms with Crippen molar-refractivity contribution in [1.82, 2.24) is 19.4 Å². The lowest BCUT2D eigenvalue weighted by atomic mass is 9.82. The van der Waals surface area contributed by atoms with E-state index in [9.17, 15) is 9.59 Å². The number of piperidine rings is 1. The number of likely N-dealkylation sites (tertiary alicyclic amines) is 2. The lowest BCUT2D eigenvalue weighted by molar-refractivity contribution is 0.0792. The Labute approximate surface area is 183 Å². The molecule has 1 amide bonds. The van der Waals surface area contributed by atoms with Crippen LogP contribution in [0, 0.1) is 11.8 Å². The van der Waals surface area contributed by atoms with Gasteiger partial charge in [-0.3, -0.25) is 14.6 Å². The predicted molar refractivity (Wildman–Crippen MR) is 121 cm³/mol. The van der Waals surface area contributed by atoms with Gasteiger partial charge in [0.1, 0.15) is 0 Å². The third-order valence-corrected chi connectivity index (χ3v) is 6.95. The molecule has 3 aliphatic rings. The van der Waals surface area contributed by atoms with Crippen molar-refractivity contribution in [3.63, 3.8) is 0 Å². The summed E-state index contributed by atoms with van der Waals surface area (Å²) in [7, 11) is 0. The van der Waals surface area contributed by atoms with E-state index in [1.807, 2.05) is 15.5 Å². The summed E-state index contributed by atoms with van der Waals surface area (Å²) < 4.78 is 1.98. The van der Waals surface area contributed by atoms with Gasteiger partial charge in [-0.2, -0.15) is 0 Å². The highest BCUT2D eigenvalue weighted by Crippen LogP contribution is 2.36. The molecule has 2 atom stereocenters. The average molecular weight is 421 g/mol. The molecule has 2 aromatic rings. The summed E-state index contributed by atoms with van der Waals surface area (Å²) >= 11 is 0. The summed E-state index contributed by atoms with van der Waals surface area (Å²) in [5.74, 6) is 1.64. The van der Waals surface area contributed by atoms with Crippen LogP contribution in [0.2, 0.25) is 0 Å². The van der Waals surface area contributed by atoms with Gasteiger partial charge in [0.2, 0.25) is 0 Å². The lowest BCUT2D eigenvalue weighted by Gasteiger charge is -2.43. The summed E-state index contributed by atoms with van der Waals surface area (Å²) in [4.78, 5) is 34.8. The molecule has 164 valence electrons. The molecule has 5 rings (SSSR count). The number of hydrogen-bond donors (Lipinski definition) is 0. The Kier molecular flexibility index (Phi) is 5.42. The number of carbonyl (C=O) groups excluding carboxylic acids is 1. The normalized spacial score (nSPS) is 23.3. The summed E-state index contributed by atoms with van der Waals surface area (Å²) in [5.41, 5.74) is 3.38. The third-order valence-electron chi connectivity index (χ3n) is 6.95. The largest absolute Gasteiger partial charge is 0.339 e. The number of hydrogen-bond acceptors (Lipinski definition) is 4. The number of aromatic nitrogens is 2. The van der Waals surface area contributed by atoms with Crippen LogP contribution in [0.25, 0.3) is 11.3 Å². The molecule has 0 N–H and O–H groups in total. The molecule has 2 aromatic heterocycles. The molecule has 6 heteroatoms. The second kappa shape index (κ2) is 8.23. The number of rotatable bonds is 4. The molecule has 31 heavy (non-hydrogen) atoms. The van der Waals surface area contributed by atoms with E-state index in [0.717, 1.165) is 69.8 Å². The zero-order valence-corrected chi connectivity index (χ0v) is 18.6. The van der Waals surface area contributed by atoms with Crippen LogP contribution in [0.15, 0.2) is 35.3 Å². The fraction of sp³-hybridized carbons (Fsp3) is 0.560. The van der Waals surface area contributed by atoms with Gasteiger partial charge in [-0.1, -0.05) is 13.8 Å². The van der Waals surface area contributed by atoms with Gasteiger partial charge in [0.05, 0.1) is 5.69 Å². The Morgan fingerprint density at radius 3 is 2.71 bits per heavy atom. The second-order valence-corrected chi connectivity index (χ2v) is 9.96. The number of fused-ring (bicyclic) bond motifs is 4. The first-order valence-electron chi connectivity index (χ1n) is 11.7. The van der Waals surface area contributed by atoms with Gasteiger partial charge in [0, 0.05) is 74.3 Å². The molecule has 3 aliphatic heterocycles. The molecule has 2 bridgehead atoms. The molecule has 0 spiro atoms. The van der Waals surface area contributed by atoms with E-state index in [-0.39, 0.29) is 11.5 Å². The van der Waals surface area contributed by atoms with E-state index in [4.69, 9.17) is 0 Å². The number of pyridine rings is 2. The SMILES string of the molecule is CC(C)CN1C[C@@H]2C[C@H](C1)c1cc(-c3cc(C(=O)N4CCCC4)ccn3)cc(=O)n1C2. The fourth-order valence-electron chi connectivity index (χ4n) is 5.70. The van der Waals surface area contributed by atoms with Crippen LogP contribution < -0.4 is 5.56 Å². The monoisotopic (exact) mass is 420 g/mol. The van der Waals surface area contributed by atoms with Crippen molar-refractivity contribution in [3.8, 4) is 11.3 Å². The standard InChI is InChI=1S/C25H32N4O2/c1-17(2)13-27-14-18-9-21(16-27)23-11-20(12-24(30)29(23)15-18)22-10-19(5-6-26-22)25(31)28-7-3-4-8-28/h5-6,10-12,17-18,21H,3-4,7-9,13-16H2,1-2H3/t18-,21+/m0/s1. The van der Waals surface area contributed by atoms with Gasteiger partial charge in [0.25, 0.3) is 11.5 Å². The maximum absolute atomic E-state index is 13.0. The highest BCUT2D eigenvalue weighted by Gasteiger charge is 2.35. The summed E-state index contributed by atoms with van der Waals surface area (Å²) in [6, 6.07) is 7.48. The topological polar surface area (TPSA) is 58.4 Å². The van der Waals surface area contributed by atoms with Crippen LogP contribution in [-0.2, 0) is 6.54 Å². The smallest absolute Gasteiger partial charge is 0.253 e. The van der Waals surface area contributed by atoms with Crippen molar-refractivity contribution in [2.45, 2.75) is 45.6 Å². The van der Waals surface area contributed by atoms with Gasteiger partial charge >= 0.3 is 0 Å². The van der Waals surface area contributed by atoms with Crippen molar-refractivity contribution < 1.29 is 4.79 Å². The molecule has 2 fully saturated rings. The molecule has 5 heterocycles. The summed E-state index contributed by atoms with van der Waals surface area (Å²) in [5, 5.41) is 0.